The lowest BCUT2D eigenvalue weighted by Gasteiger charge is -2.27. The van der Waals surface area contributed by atoms with Gasteiger partial charge >= 0.3 is 0 Å². The van der Waals surface area contributed by atoms with Crippen LogP contribution < -0.4 is 5.73 Å². The van der Waals surface area contributed by atoms with Crippen LogP contribution in [0, 0.1) is 6.92 Å². The maximum atomic E-state index is 12.5. The molecule has 0 aliphatic heterocycles. The van der Waals surface area contributed by atoms with E-state index in [2.05, 4.69) is 6.92 Å². The van der Waals surface area contributed by atoms with E-state index in [0.29, 0.717) is 19.3 Å². The topological polar surface area (TPSA) is 63.3 Å². The van der Waals surface area contributed by atoms with Gasteiger partial charge in [-0.15, -0.1) is 0 Å². The molecule has 0 aromatic heterocycles. The van der Waals surface area contributed by atoms with Crippen LogP contribution in [-0.2, 0) is 16.8 Å². The van der Waals surface area contributed by atoms with E-state index >= 15 is 0 Å². The minimum absolute atomic E-state index is 0.0169. The number of ketones is 1. The molecule has 0 bridgehead atoms. The van der Waals surface area contributed by atoms with Gasteiger partial charge in [0.05, 0.1) is 0 Å². The second-order valence-electron chi connectivity index (χ2n) is 5.18. The fourth-order valence-corrected chi connectivity index (χ4v) is 2.32. The highest BCUT2D eigenvalue weighted by Crippen LogP contribution is 2.25. The van der Waals surface area contributed by atoms with Crippen molar-refractivity contribution in [3.63, 3.8) is 0 Å². The second-order valence-corrected chi connectivity index (χ2v) is 5.18. The Labute approximate surface area is 125 Å². The monoisotopic (exact) mass is 282 g/mol. The largest absolute Gasteiger partial charge is 0.508 e. The van der Waals surface area contributed by atoms with E-state index in [1.165, 1.54) is 0 Å². The van der Waals surface area contributed by atoms with Gasteiger partial charge in [0.25, 0.3) is 0 Å². The molecule has 2 rings (SSSR count). The maximum absolute atomic E-state index is 12.5. The highest BCUT2D eigenvalue weighted by atomic mass is 16.3. The SMILES string of the molecule is [CH2]CC(N)(C(=O)CCc1ccc(O)cc1)c1ccccc1. The third-order valence-electron chi connectivity index (χ3n) is 3.76. The van der Waals surface area contributed by atoms with Crippen LogP contribution in [0.1, 0.15) is 24.0 Å². The number of phenolic OH excluding ortho intramolecular Hbond substituents is 1. The van der Waals surface area contributed by atoms with Gasteiger partial charge in [-0.25, -0.2) is 0 Å². The zero-order valence-corrected chi connectivity index (χ0v) is 12.0. The molecule has 0 saturated heterocycles. The summed E-state index contributed by atoms with van der Waals surface area (Å²) in [5.41, 5.74) is 7.07. The van der Waals surface area contributed by atoms with Gasteiger partial charge in [-0.2, -0.15) is 0 Å². The van der Waals surface area contributed by atoms with Crippen molar-refractivity contribution in [2.24, 2.45) is 5.73 Å². The van der Waals surface area contributed by atoms with Crippen molar-refractivity contribution in [2.45, 2.75) is 24.8 Å². The molecule has 0 fully saturated rings. The van der Waals surface area contributed by atoms with Crippen molar-refractivity contribution in [1.82, 2.24) is 0 Å². The third-order valence-corrected chi connectivity index (χ3v) is 3.76. The first-order valence-corrected chi connectivity index (χ1v) is 7.01. The first-order chi connectivity index (χ1) is 10.1. The van der Waals surface area contributed by atoms with Crippen LogP contribution in [0.15, 0.2) is 54.6 Å². The Morgan fingerprint density at radius 2 is 1.71 bits per heavy atom. The van der Waals surface area contributed by atoms with Crippen molar-refractivity contribution in [3.8, 4) is 5.75 Å². The van der Waals surface area contributed by atoms with Crippen LogP contribution in [0.25, 0.3) is 0 Å². The molecular weight excluding hydrogens is 262 g/mol. The van der Waals surface area contributed by atoms with Gasteiger partial charge in [-0.3, -0.25) is 4.79 Å². The van der Waals surface area contributed by atoms with E-state index in [4.69, 9.17) is 5.73 Å². The number of nitrogens with two attached hydrogens (primary N) is 1. The molecule has 0 heterocycles. The third kappa shape index (κ3) is 3.50. The van der Waals surface area contributed by atoms with E-state index in [0.717, 1.165) is 11.1 Å². The Bertz CT molecular complexity index is 592. The predicted molar refractivity (Wildman–Crippen MR) is 83.7 cm³/mol. The first kappa shape index (κ1) is 15.3. The normalized spacial score (nSPS) is 13.6. The Balaban J connectivity index is 2.08. The van der Waals surface area contributed by atoms with Gasteiger partial charge < -0.3 is 10.8 Å². The molecule has 3 nitrogen and oxygen atoms in total. The summed E-state index contributed by atoms with van der Waals surface area (Å²) in [6, 6.07) is 16.2. The van der Waals surface area contributed by atoms with Crippen molar-refractivity contribution in [3.05, 3.63) is 72.6 Å². The fourth-order valence-electron chi connectivity index (χ4n) is 2.32. The van der Waals surface area contributed by atoms with Crippen LogP contribution in [-0.4, -0.2) is 10.9 Å². The lowest BCUT2D eigenvalue weighted by atomic mass is 9.82. The zero-order valence-electron chi connectivity index (χ0n) is 12.0. The van der Waals surface area contributed by atoms with Gasteiger partial charge in [0.15, 0.2) is 5.78 Å². The summed E-state index contributed by atoms with van der Waals surface area (Å²) in [6.45, 7) is 3.84. The number of rotatable bonds is 6. The molecule has 3 N–H and O–H groups in total. The van der Waals surface area contributed by atoms with E-state index in [9.17, 15) is 9.90 Å². The van der Waals surface area contributed by atoms with Crippen LogP contribution in [0.2, 0.25) is 0 Å². The Hall–Kier alpha value is -2.13. The number of benzene rings is 2. The summed E-state index contributed by atoms with van der Waals surface area (Å²) in [4.78, 5) is 12.5. The first-order valence-electron chi connectivity index (χ1n) is 7.01. The lowest BCUT2D eigenvalue weighted by Crippen LogP contribution is -2.44. The second kappa shape index (κ2) is 6.55. The highest BCUT2D eigenvalue weighted by Gasteiger charge is 2.32. The van der Waals surface area contributed by atoms with Crippen molar-refractivity contribution < 1.29 is 9.90 Å². The van der Waals surface area contributed by atoms with Crippen LogP contribution in [0.3, 0.4) is 0 Å². The molecule has 0 spiro atoms. The van der Waals surface area contributed by atoms with E-state index in [1.807, 2.05) is 42.5 Å². The van der Waals surface area contributed by atoms with Gasteiger partial charge in [0, 0.05) is 6.42 Å². The number of hydrogen-bond donors (Lipinski definition) is 2. The number of Topliss-reactive ketones (excluding diaryl/α,β-unsaturated/α-hetero) is 1. The molecule has 21 heavy (non-hydrogen) atoms. The molecule has 109 valence electrons. The standard InChI is InChI=1S/C18H20NO2/c1-2-18(19,15-6-4-3-5-7-15)17(21)13-10-14-8-11-16(20)12-9-14/h3-9,11-12,20H,1-2,10,13,19H2. The van der Waals surface area contributed by atoms with E-state index < -0.39 is 5.54 Å². The number of carbonyl (C=O) groups is 1. The summed E-state index contributed by atoms with van der Waals surface area (Å²) in [5, 5.41) is 9.25. The molecular formula is C18H20NO2. The summed E-state index contributed by atoms with van der Waals surface area (Å²) in [6.07, 6.45) is 1.28. The minimum Gasteiger partial charge on any atom is -0.508 e. The number of phenols is 1. The summed E-state index contributed by atoms with van der Waals surface area (Å²) >= 11 is 0. The molecule has 1 unspecified atom stereocenters. The maximum Gasteiger partial charge on any atom is 0.157 e. The van der Waals surface area contributed by atoms with Gasteiger partial charge in [0.1, 0.15) is 11.3 Å². The lowest BCUT2D eigenvalue weighted by molar-refractivity contribution is -0.124. The highest BCUT2D eigenvalue weighted by molar-refractivity contribution is 5.89. The van der Waals surface area contributed by atoms with Gasteiger partial charge in [-0.05, 0) is 36.1 Å². The van der Waals surface area contributed by atoms with Gasteiger partial charge in [-0.1, -0.05) is 49.4 Å². The quantitative estimate of drug-likeness (QED) is 0.856. The van der Waals surface area contributed by atoms with Crippen LogP contribution >= 0.6 is 0 Å². The Morgan fingerprint density at radius 3 is 2.29 bits per heavy atom. The van der Waals surface area contributed by atoms with E-state index in [1.54, 1.807) is 12.1 Å². The zero-order chi connectivity index (χ0) is 15.3. The molecule has 2 aromatic carbocycles. The molecule has 0 saturated carbocycles. The molecule has 0 aliphatic carbocycles. The predicted octanol–water partition coefficient (Wildman–Crippen LogP) is 2.97. The number of carbonyl (C=O) groups excluding carboxylic acids is 1. The van der Waals surface area contributed by atoms with Crippen LogP contribution in [0.4, 0.5) is 0 Å². The molecule has 2 aromatic rings. The van der Waals surface area contributed by atoms with Crippen molar-refractivity contribution in [2.75, 3.05) is 0 Å². The van der Waals surface area contributed by atoms with Gasteiger partial charge in [0.2, 0.25) is 0 Å². The molecule has 3 heteroatoms. The average Bonchev–Trinajstić information content (AvgIpc) is 2.54. The molecule has 1 radical (unpaired) electrons. The number of aromatic hydroxyl groups is 1. The minimum atomic E-state index is -1.03. The molecule has 0 amide bonds. The van der Waals surface area contributed by atoms with Crippen LogP contribution in [0.5, 0.6) is 5.75 Å². The van der Waals surface area contributed by atoms with Crippen molar-refractivity contribution in [1.29, 1.82) is 0 Å². The molecule has 0 aliphatic rings. The van der Waals surface area contributed by atoms with E-state index in [-0.39, 0.29) is 11.5 Å². The fraction of sp³-hybridized carbons (Fsp3) is 0.222. The summed E-state index contributed by atoms with van der Waals surface area (Å²) in [5.74, 6) is 0.206. The Morgan fingerprint density at radius 1 is 1.10 bits per heavy atom. The summed E-state index contributed by atoms with van der Waals surface area (Å²) in [7, 11) is 0. The summed E-state index contributed by atoms with van der Waals surface area (Å²) < 4.78 is 0. The Kier molecular flexibility index (Phi) is 4.76. The smallest absolute Gasteiger partial charge is 0.157 e. The van der Waals surface area contributed by atoms with Crippen molar-refractivity contribution >= 4 is 5.78 Å². The number of hydrogen-bond acceptors (Lipinski definition) is 3. The number of aryl methyl sites for hydroxylation is 1. The molecule has 1 atom stereocenters. The average molecular weight is 282 g/mol.